The van der Waals surface area contributed by atoms with E-state index in [0.717, 1.165) is 29.8 Å². The lowest BCUT2D eigenvalue weighted by Gasteiger charge is -2.32. The molecule has 5 heteroatoms. The number of ether oxygens (including phenoxy) is 1. The molecule has 5 nitrogen and oxygen atoms in total. The lowest BCUT2D eigenvalue weighted by Crippen LogP contribution is -2.32. The summed E-state index contributed by atoms with van der Waals surface area (Å²) < 4.78 is 7.56. The Morgan fingerprint density at radius 3 is 2.95 bits per heavy atom. The van der Waals surface area contributed by atoms with E-state index in [-0.39, 0.29) is 5.60 Å². The van der Waals surface area contributed by atoms with Crippen molar-refractivity contribution in [3.05, 3.63) is 41.2 Å². The number of hydrogen-bond acceptors (Lipinski definition) is 4. The molecule has 2 aromatic rings. The highest BCUT2D eigenvalue weighted by molar-refractivity contribution is 5.80. The van der Waals surface area contributed by atoms with Crippen LogP contribution >= 0.6 is 0 Å². The highest BCUT2D eigenvalue weighted by atomic mass is 16.5. The van der Waals surface area contributed by atoms with Crippen LogP contribution < -0.4 is 10.5 Å². The van der Waals surface area contributed by atoms with E-state index in [0.29, 0.717) is 5.95 Å². The number of nitrogens with two attached hydrogens (primary N) is 1. The maximum Gasteiger partial charge on any atom is 0.221 e. The van der Waals surface area contributed by atoms with Gasteiger partial charge in [-0.3, -0.25) is 0 Å². The molecule has 0 bridgehead atoms. The number of fused-ring (bicyclic) bond motifs is 1. The molecule has 0 saturated carbocycles. The molecule has 0 fully saturated rings. The number of imidazole rings is 1. The van der Waals surface area contributed by atoms with E-state index >= 15 is 0 Å². The summed E-state index contributed by atoms with van der Waals surface area (Å²) in [5, 5.41) is 4.34. The fourth-order valence-corrected chi connectivity index (χ4v) is 2.48. The summed E-state index contributed by atoms with van der Waals surface area (Å²) in [4.78, 5) is 4.12. The first-order valence-corrected chi connectivity index (χ1v) is 7.11. The first-order valence-electron chi connectivity index (χ1n) is 7.11. The highest BCUT2D eigenvalue weighted by Crippen LogP contribution is 2.33. The van der Waals surface area contributed by atoms with Crippen LogP contribution in [0.15, 0.2) is 29.5 Å². The molecule has 3 rings (SSSR count). The van der Waals surface area contributed by atoms with Crippen LogP contribution in [0.5, 0.6) is 5.75 Å². The van der Waals surface area contributed by atoms with Crippen molar-refractivity contribution in [3.8, 4) is 5.75 Å². The Hall–Kier alpha value is -2.30. The third-order valence-electron chi connectivity index (χ3n) is 3.63. The minimum absolute atomic E-state index is 0.0780. The number of aromatic nitrogens is 2. The molecule has 1 aromatic heterocycles. The highest BCUT2D eigenvalue weighted by Gasteiger charge is 2.26. The zero-order valence-electron chi connectivity index (χ0n) is 12.6. The maximum atomic E-state index is 5.98. The molecule has 1 aliphatic heterocycles. The molecule has 1 aliphatic rings. The average Bonchev–Trinajstić information content (AvgIpc) is 2.74. The van der Waals surface area contributed by atoms with Gasteiger partial charge in [-0.1, -0.05) is 0 Å². The average molecular weight is 284 g/mol. The third kappa shape index (κ3) is 2.91. The molecule has 0 atom stereocenters. The molecule has 1 aromatic carbocycles. The van der Waals surface area contributed by atoms with Crippen LogP contribution in [-0.2, 0) is 6.42 Å². The Morgan fingerprint density at radius 1 is 1.43 bits per heavy atom. The van der Waals surface area contributed by atoms with Gasteiger partial charge in [-0.25, -0.2) is 9.66 Å². The zero-order chi connectivity index (χ0) is 15.0. The second-order valence-electron chi connectivity index (χ2n) is 6.06. The van der Waals surface area contributed by atoms with Gasteiger partial charge in [0.25, 0.3) is 0 Å². The van der Waals surface area contributed by atoms with Crippen LogP contribution in [0.3, 0.4) is 0 Å². The van der Waals surface area contributed by atoms with E-state index in [1.165, 1.54) is 5.56 Å². The molecule has 0 aliphatic carbocycles. The lowest BCUT2D eigenvalue weighted by atomic mass is 9.93. The van der Waals surface area contributed by atoms with Gasteiger partial charge < -0.3 is 10.5 Å². The molecular weight excluding hydrogens is 264 g/mol. The number of nitrogen functional groups attached to an aromatic ring is 1. The van der Waals surface area contributed by atoms with Crippen LogP contribution in [0.2, 0.25) is 0 Å². The first-order chi connectivity index (χ1) is 9.93. The quantitative estimate of drug-likeness (QED) is 0.862. The van der Waals surface area contributed by atoms with Gasteiger partial charge in [0.2, 0.25) is 5.95 Å². The largest absolute Gasteiger partial charge is 0.488 e. The van der Waals surface area contributed by atoms with Gasteiger partial charge in [0.1, 0.15) is 11.4 Å². The Kier molecular flexibility index (Phi) is 3.20. The molecule has 110 valence electrons. The number of aryl methyl sites for hydroxylation is 2. The van der Waals surface area contributed by atoms with Crippen LogP contribution in [0, 0.1) is 6.92 Å². The molecule has 0 spiro atoms. The van der Waals surface area contributed by atoms with Crippen molar-refractivity contribution in [2.75, 3.05) is 5.73 Å². The number of hydrogen-bond donors (Lipinski definition) is 1. The van der Waals surface area contributed by atoms with Crippen molar-refractivity contribution in [1.82, 2.24) is 9.66 Å². The van der Waals surface area contributed by atoms with Gasteiger partial charge >= 0.3 is 0 Å². The Labute approximate surface area is 124 Å². The zero-order valence-corrected chi connectivity index (χ0v) is 12.6. The Balaban J connectivity index is 1.83. The van der Waals surface area contributed by atoms with Crippen LogP contribution in [0.25, 0.3) is 0 Å². The van der Waals surface area contributed by atoms with E-state index in [9.17, 15) is 0 Å². The smallest absolute Gasteiger partial charge is 0.221 e. The summed E-state index contributed by atoms with van der Waals surface area (Å²) in [7, 11) is 0. The Morgan fingerprint density at radius 2 is 2.24 bits per heavy atom. The number of anilines is 1. The summed E-state index contributed by atoms with van der Waals surface area (Å²) >= 11 is 0. The third-order valence-corrected chi connectivity index (χ3v) is 3.63. The predicted octanol–water partition coefficient (Wildman–Crippen LogP) is 2.76. The topological polar surface area (TPSA) is 65.4 Å². The molecule has 2 N–H and O–H groups in total. The standard InChI is InChI=1S/C16H20N4O/c1-11-10-20(15(17)19-11)18-9-12-4-5-14-13(8-12)6-7-16(2,3)21-14/h4-5,8-10H,6-7H2,1-3H3,(H2,17,19). The van der Waals surface area contributed by atoms with Gasteiger partial charge in [0.15, 0.2) is 0 Å². The second-order valence-corrected chi connectivity index (χ2v) is 6.06. The molecule has 2 heterocycles. The summed E-state index contributed by atoms with van der Waals surface area (Å²) in [5.41, 5.74) is 8.80. The number of rotatable bonds is 2. The molecule has 0 radical (unpaired) electrons. The van der Waals surface area contributed by atoms with Crippen molar-refractivity contribution >= 4 is 12.2 Å². The van der Waals surface area contributed by atoms with Gasteiger partial charge in [-0.05, 0) is 62.9 Å². The summed E-state index contributed by atoms with van der Waals surface area (Å²) in [6, 6.07) is 6.14. The fourth-order valence-electron chi connectivity index (χ4n) is 2.48. The van der Waals surface area contributed by atoms with Gasteiger partial charge in [0.05, 0.1) is 18.1 Å². The molecule has 0 amide bonds. The molecule has 0 unspecified atom stereocenters. The van der Waals surface area contributed by atoms with Crippen molar-refractivity contribution in [2.45, 2.75) is 39.2 Å². The second kappa shape index (κ2) is 4.91. The van der Waals surface area contributed by atoms with Gasteiger partial charge in [-0.15, -0.1) is 0 Å². The van der Waals surface area contributed by atoms with Crippen LogP contribution in [0.1, 0.15) is 37.1 Å². The first kappa shape index (κ1) is 13.7. The fraction of sp³-hybridized carbons (Fsp3) is 0.375. The van der Waals surface area contributed by atoms with Crippen LogP contribution in [0.4, 0.5) is 5.95 Å². The molecule has 0 saturated heterocycles. The van der Waals surface area contributed by atoms with Gasteiger partial charge in [0, 0.05) is 0 Å². The SMILES string of the molecule is Cc1cn(N=Cc2ccc3c(c2)CCC(C)(C)O3)c(N)n1. The molecule has 21 heavy (non-hydrogen) atoms. The van der Waals surface area contributed by atoms with E-state index in [2.05, 4.69) is 30.0 Å². The number of benzene rings is 1. The van der Waals surface area contributed by atoms with Crippen molar-refractivity contribution in [2.24, 2.45) is 5.10 Å². The van der Waals surface area contributed by atoms with E-state index in [4.69, 9.17) is 10.5 Å². The number of nitrogens with zero attached hydrogens (tertiary/aromatic N) is 3. The van der Waals surface area contributed by atoms with Gasteiger partial charge in [-0.2, -0.15) is 5.10 Å². The van der Waals surface area contributed by atoms with E-state index in [1.54, 1.807) is 17.1 Å². The molecular formula is C16H20N4O. The lowest BCUT2D eigenvalue weighted by molar-refractivity contribution is 0.0847. The van der Waals surface area contributed by atoms with Crippen LogP contribution in [-0.4, -0.2) is 21.5 Å². The summed E-state index contributed by atoms with van der Waals surface area (Å²) in [5.74, 6) is 1.37. The monoisotopic (exact) mass is 284 g/mol. The van der Waals surface area contributed by atoms with Crippen molar-refractivity contribution < 1.29 is 4.74 Å². The normalized spacial score (nSPS) is 16.7. The summed E-state index contributed by atoms with van der Waals surface area (Å²) in [6.07, 6.45) is 5.64. The maximum absolute atomic E-state index is 5.98. The van der Waals surface area contributed by atoms with E-state index < -0.39 is 0 Å². The van der Waals surface area contributed by atoms with Crippen molar-refractivity contribution in [1.29, 1.82) is 0 Å². The Bertz CT molecular complexity index is 700. The summed E-state index contributed by atoms with van der Waals surface area (Å²) in [6.45, 7) is 6.13. The van der Waals surface area contributed by atoms with E-state index in [1.807, 2.05) is 19.1 Å². The minimum Gasteiger partial charge on any atom is -0.488 e. The minimum atomic E-state index is -0.0780. The van der Waals surface area contributed by atoms with Crippen molar-refractivity contribution in [3.63, 3.8) is 0 Å². The predicted molar refractivity (Wildman–Crippen MR) is 83.8 cm³/mol.